The molecular formula is C21H26ClNO2. The summed E-state index contributed by atoms with van der Waals surface area (Å²) in [5.41, 5.74) is 4.48. The van der Waals surface area contributed by atoms with Gasteiger partial charge in [-0.2, -0.15) is 0 Å². The van der Waals surface area contributed by atoms with Crippen molar-refractivity contribution in [1.82, 2.24) is 5.32 Å². The predicted octanol–water partition coefficient (Wildman–Crippen LogP) is 4.78. The molecule has 1 atom stereocenters. The van der Waals surface area contributed by atoms with Gasteiger partial charge in [0.25, 0.3) is 5.91 Å². The summed E-state index contributed by atoms with van der Waals surface area (Å²) in [4.78, 5) is 12.2. The summed E-state index contributed by atoms with van der Waals surface area (Å²) in [6.07, 6.45) is 1.15. The summed E-state index contributed by atoms with van der Waals surface area (Å²) >= 11 is 6.14. The molecule has 0 heterocycles. The second-order valence-corrected chi connectivity index (χ2v) is 6.86. The molecule has 2 aromatic carbocycles. The first-order valence-corrected chi connectivity index (χ1v) is 9.02. The van der Waals surface area contributed by atoms with Crippen LogP contribution in [-0.4, -0.2) is 18.6 Å². The maximum atomic E-state index is 12.2. The van der Waals surface area contributed by atoms with Gasteiger partial charge in [0.15, 0.2) is 6.10 Å². The lowest BCUT2D eigenvalue weighted by molar-refractivity contribution is -0.127. The van der Waals surface area contributed by atoms with Crippen LogP contribution in [0.25, 0.3) is 0 Å². The van der Waals surface area contributed by atoms with Gasteiger partial charge >= 0.3 is 0 Å². The molecule has 0 saturated carbocycles. The average Bonchev–Trinajstić information content (AvgIpc) is 2.57. The normalized spacial score (nSPS) is 11.9. The summed E-state index contributed by atoms with van der Waals surface area (Å²) in [5, 5.41) is 3.71. The summed E-state index contributed by atoms with van der Waals surface area (Å²) in [7, 11) is 0. The van der Waals surface area contributed by atoms with E-state index in [2.05, 4.69) is 18.3 Å². The van der Waals surface area contributed by atoms with E-state index in [4.69, 9.17) is 16.3 Å². The van der Waals surface area contributed by atoms with E-state index < -0.39 is 6.10 Å². The van der Waals surface area contributed by atoms with E-state index in [1.54, 1.807) is 6.92 Å². The number of aryl methyl sites for hydroxylation is 3. The first kappa shape index (κ1) is 19.3. The molecule has 0 unspecified atom stereocenters. The Hall–Kier alpha value is -2.00. The number of hydrogen-bond acceptors (Lipinski definition) is 2. The third-order valence-corrected chi connectivity index (χ3v) is 4.69. The number of benzene rings is 2. The molecule has 0 aliphatic rings. The summed E-state index contributed by atoms with van der Waals surface area (Å²) in [5.74, 6) is 0.675. The highest BCUT2D eigenvalue weighted by Gasteiger charge is 2.16. The van der Waals surface area contributed by atoms with Crippen molar-refractivity contribution in [3.05, 3.63) is 63.7 Å². The highest BCUT2D eigenvalue weighted by atomic mass is 35.5. The van der Waals surface area contributed by atoms with Crippen molar-refractivity contribution in [2.75, 3.05) is 6.54 Å². The van der Waals surface area contributed by atoms with Crippen LogP contribution in [0.15, 0.2) is 36.4 Å². The van der Waals surface area contributed by atoms with Crippen LogP contribution in [0.2, 0.25) is 5.02 Å². The monoisotopic (exact) mass is 359 g/mol. The van der Waals surface area contributed by atoms with Crippen molar-refractivity contribution in [1.29, 1.82) is 0 Å². The van der Waals surface area contributed by atoms with Gasteiger partial charge in [-0.05, 0) is 74.9 Å². The van der Waals surface area contributed by atoms with Gasteiger partial charge in [-0.3, -0.25) is 4.79 Å². The molecule has 134 valence electrons. The van der Waals surface area contributed by atoms with Crippen molar-refractivity contribution < 1.29 is 9.53 Å². The Balaban J connectivity index is 1.82. The average molecular weight is 360 g/mol. The lowest BCUT2D eigenvalue weighted by Crippen LogP contribution is -2.37. The van der Waals surface area contributed by atoms with Gasteiger partial charge in [0.2, 0.25) is 0 Å². The minimum Gasteiger partial charge on any atom is -0.481 e. The molecule has 0 fully saturated rings. The zero-order chi connectivity index (χ0) is 18.4. The van der Waals surface area contributed by atoms with Crippen LogP contribution in [0, 0.1) is 20.8 Å². The predicted molar refractivity (Wildman–Crippen MR) is 104 cm³/mol. The number of nitrogens with one attached hydrogen (secondary N) is 1. The van der Waals surface area contributed by atoms with Gasteiger partial charge in [-0.25, -0.2) is 0 Å². The van der Waals surface area contributed by atoms with E-state index in [0.717, 1.165) is 40.3 Å². The molecule has 0 aliphatic carbocycles. The van der Waals surface area contributed by atoms with Crippen LogP contribution in [0.5, 0.6) is 5.75 Å². The van der Waals surface area contributed by atoms with Crippen molar-refractivity contribution in [3.63, 3.8) is 0 Å². The Labute approximate surface area is 155 Å². The van der Waals surface area contributed by atoms with Crippen LogP contribution in [0.4, 0.5) is 0 Å². The number of halogens is 1. The van der Waals surface area contributed by atoms with E-state index in [1.807, 2.05) is 44.2 Å². The number of rotatable bonds is 7. The van der Waals surface area contributed by atoms with Gasteiger partial charge in [-0.15, -0.1) is 0 Å². The van der Waals surface area contributed by atoms with Gasteiger partial charge in [0.1, 0.15) is 5.75 Å². The third-order valence-electron chi connectivity index (χ3n) is 4.32. The van der Waals surface area contributed by atoms with Crippen molar-refractivity contribution >= 4 is 17.5 Å². The van der Waals surface area contributed by atoms with Crippen molar-refractivity contribution in [2.45, 2.75) is 46.6 Å². The van der Waals surface area contributed by atoms with E-state index in [0.29, 0.717) is 6.54 Å². The number of carbonyl (C=O) groups excluding carboxylic acids is 1. The maximum absolute atomic E-state index is 12.2. The van der Waals surface area contributed by atoms with Crippen LogP contribution < -0.4 is 10.1 Å². The molecule has 0 bridgehead atoms. The first-order valence-electron chi connectivity index (χ1n) is 8.64. The molecule has 1 amide bonds. The maximum Gasteiger partial charge on any atom is 0.260 e. The summed E-state index contributed by atoms with van der Waals surface area (Å²) in [6.45, 7) is 8.47. The molecule has 0 aliphatic heterocycles. The highest BCUT2D eigenvalue weighted by Crippen LogP contribution is 2.24. The first-order chi connectivity index (χ1) is 11.9. The Kier molecular flexibility index (Phi) is 6.89. The van der Waals surface area contributed by atoms with Gasteiger partial charge in [0.05, 0.1) is 0 Å². The standard InChI is InChI=1S/C21H26ClNO2/c1-14-12-15(2)16(3)20(13-14)25-17(4)21(24)23-11-7-9-18-8-5-6-10-19(18)22/h5-6,8,10,12-13,17H,7,9,11H2,1-4H3,(H,23,24)/t17-/m1/s1. The van der Waals surface area contributed by atoms with E-state index >= 15 is 0 Å². The van der Waals surface area contributed by atoms with Crippen molar-refractivity contribution in [3.8, 4) is 5.75 Å². The molecule has 4 heteroatoms. The van der Waals surface area contributed by atoms with Crippen LogP contribution >= 0.6 is 11.6 Å². The molecule has 25 heavy (non-hydrogen) atoms. The minimum absolute atomic E-state index is 0.0993. The molecule has 0 aromatic heterocycles. The van der Waals surface area contributed by atoms with Crippen molar-refractivity contribution in [2.24, 2.45) is 0 Å². The molecule has 0 radical (unpaired) electrons. The topological polar surface area (TPSA) is 38.3 Å². The Morgan fingerprint density at radius 3 is 2.64 bits per heavy atom. The zero-order valence-electron chi connectivity index (χ0n) is 15.4. The van der Waals surface area contributed by atoms with Gasteiger partial charge in [0, 0.05) is 11.6 Å². The second kappa shape index (κ2) is 8.91. The Bertz CT molecular complexity index is 743. The highest BCUT2D eigenvalue weighted by molar-refractivity contribution is 6.31. The fourth-order valence-electron chi connectivity index (χ4n) is 2.70. The van der Waals surface area contributed by atoms with Gasteiger partial charge in [-0.1, -0.05) is 35.9 Å². The summed E-state index contributed by atoms with van der Waals surface area (Å²) in [6, 6.07) is 11.9. The number of amides is 1. The fourth-order valence-corrected chi connectivity index (χ4v) is 2.93. The molecule has 2 aromatic rings. The number of carbonyl (C=O) groups is 1. The van der Waals surface area contributed by atoms with E-state index in [9.17, 15) is 4.79 Å². The minimum atomic E-state index is -0.528. The quantitative estimate of drug-likeness (QED) is 0.722. The van der Waals surface area contributed by atoms with Crippen LogP contribution in [0.3, 0.4) is 0 Å². The fraction of sp³-hybridized carbons (Fsp3) is 0.381. The Morgan fingerprint density at radius 1 is 1.20 bits per heavy atom. The second-order valence-electron chi connectivity index (χ2n) is 6.45. The van der Waals surface area contributed by atoms with Crippen LogP contribution in [0.1, 0.15) is 35.6 Å². The molecule has 0 spiro atoms. The molecule has 3 nitrogen and oxygen atoms in total. The van der Waals surface area contributed by atoms with E-state index in [1.165, 1.54) is 5.56 Å². The SMILES string of the molecule is Cc1cc(C)c(C)c(O[C@H](C)C(=O)NCCCc2ccccc2Cl)c1. The molecular weight excluding hydrogens is 334 g/mol. The zero-order valence-corrected chi connectivity index (χ0v) is 16.1. The molecule has 2 rings (SSSR count). The third kappa shape index (κ3) is 5.50. The summed E-state index contributed by atoms with van der Waals surface area (Å²) < 4.78 is 5.87. The smallest absolute Gasteiger partial charge is 0.260 e. The lowest BCUT2D eigenvalue weighted by Gasteiger charge is -2.18. The molecule has 1 N–H and O–H groups in total. The number of hydrogen-bond donors (Lipinski definition) is 1. The van der Waals surface area contributed by atoms with Gasteiger partial charge < -0.3 is 10.1 Å². The Morgan fingerprint density at radius 2 is 1.92 bits per heavy atom. The largest absolute Gasteiger partial charge is 0.481 e. The number of ether oxygens (including phenoxy) is 1. The van der Waals surface area contributed by atoms with E-state index in [-0.39, 0.29) is 5.91 Å². The lowest BCUT2D eigenvalue weighted by atomic mass is 10.1. The molecule has 0 saturated heterocycles. The van der Waals surface area contributed by atoms with Crippen LogP contribution in [-0.2, 0) is 11.2 Å².